The average molecular weight is 872 g/mol. The number of hydrogen-bond donors (Lipinski definition) is 5. The van der Waals surface area contributed by atoms with Crippen LogP contribution in [0, 0.1) is 34.5 Å². The van der Waals surface area contributed by atoms with Gasteiger partial charge in [0.05, 0.1) is 6.42 Å². The Morgan fingerprint density at radius 2 is 1.53 bits per heavy atom. The molecule has 0 aromatic rings. The molecule has 16 heteroatoms. The molecule has 0 bridgehead atoms. The van der Waals surface area contributed by atoms with E-state index < -0.39 is 42.0 Å². The zero-order chi connectivity index (χ0) is 43.3. The van der Waals surface area contributed by atoms with E-state index in [1.807, 2.05) is 13.8 Å². The van der Waals surface area contributed by atoms with Gasteiger partial charge in [0, 0.05) is 48.5 Å². The van der Waals surface area contributed by atoms with Crippen LogP contribution in [0.4, 0.5) is 0 Å². The number of aliphatic hydroxyl groups is 3. The molecule has 1 saturated carbocycles. The second-order valence-electron chi connectivity index (χ2n) is 16.7. The Labute approximate surface area is 355 Å². The van der Waals surface area contributed by atoms with Gasteiger partial charge in [-0.2, -0.15) is 0 Å². The Morgan fingerprint density at radius 3 is 1.95 bits per heavy atom. The van der Waals surface area contributed by atoms with Crippen LogP contribution in [0.15, 0.2) is 64.8 Å². The van der Waals surface area contributed by atoms with Gasteiger partial charge in [-0.3, -0.25) is 9.59 Å². The number of nitrogens with zero attached hydrogens (tertiary/aromatic N) is 2. The van der Waals surface area contributed by atoms with Crippen molar-refractivity contribution in [2.45, 2.75) is 106 Å². The van der Waals surface area contributed by atoms with Gasteiger partial charge in [-0.05, 0) is 54.3 Å². The maximum atomic E-state index is 13.9. The van der Waals surface area contributed by atoms with Gasteiger partial charge >= 0.3 is 23.9 Å². The van der Waals surface area contributed by atoms with Crippen LogP contribution in [-0.2, 0) is 52.9 Å². The number of allylic oxidation sites excluding steroid dienone is 2. The zero-order valence-electron chi connectivity index (χ0n) is 35.6. The molecular weight excluding hydrogens is 808 g/mol. The number of aliphatic imine (C=N–C) groups is 1. The Hall–Kier alpha value is -3.46. The molecule has 1 heterocycles. The third-order valence-corrected chi connectivity index (χ3v) is 10.3. The van der Waals surface area contributed by atoms with E-state index in [1.165, 1.54) is 6.92 Å². The molecule has 2 aliphatic rings. The van der Waals surface area contributed by atoms with E-state index in [0.29, 0.717) is 22.8 Å². The first-order valence-electron chi connectivity index (χ1n) is 18.5. The fraction of sp³-hybridized carbons (Fsp3) is 0.634. The average Bonchev–Trinajstić information content (AvgIpc) is 3.42. The van der Waals surface area contributed by atoms with E-state index >= 15 is 0 Å². The van der Waals surface area contributed by atoms with Crippen LogP contribution >= 0.6 is 11.8 Å². The van der Waals surface area contributed by atoms with Gasteiger partial charge in [0.25, 0.3) is 0 Å². The number of carbonyl (C=O) groups excluding carboxylic acids is 3. The summed E-state index contributed by atoms with van der Waals surface area (Å²) in [5.41, 5.74) is 1.99. The molecule has 1 aliphatic heterocycles. The molecule has 2 rings (SSSR count). The molecule has 0 saturated heterocycles. The molecule has 4 unspecified atom stereocenters. The largest absolute Gasteiger partial charge is 0.629 e. The smallest absolute Gasteiger partial charge is 0.342 e. The second-order valence-corrected chi connectivity index (χ2v) is 17.7. The molecule has 0 spiro atoms. The van der Waals surface area contributed by atoms with Crippen LogP contribution in [0.2, 0.25) is 0 Å². The number of thioether (sulfide) groups is 1. The van der Waals surface area contributed by atoms with Gasteiger partial charge in [0.15, 0.2) is 0 Å². The number of carboxylic acid groups (broad SMARTS) is 1. The predicted molar refractivity (Wildman–Crippen MR) is 218 cm³/mol. The minimum Gasteiger partial charge on any atom is -0.629 e. The van der Waals surface area contributed by atoms with Crippen LogP contribution in [0.1, 0.15) is 88.5 Å². The summed E-state index contributed by atoms with van der Waals surface area (Å²) in [6.45, 7) is 30.4. The van der Waals surface area contributed by atoms with Crippen molar-refractivity contribution in [2.75, 3.05) is 26.2 Å². The fourth-order valence-electron chi connectivity index (χ4n) is 6.56. The maximum Gasteiger partial charge on any atom is 0.342 e. The summed E-state index contributed by atoms with van der Waals surface area (Å²) in [6.07, 6.45) is 3.48. The molecule has 1 aliphatic carbocycles. The number of rotatable bonds is 16. The summed E-state index contributed by atoms with van der Waals surface area (Å²) in [5, 5.41) is 43.3. The van der Waals surface area contributed by atoms with Crippen molar-refractivity contribution in [3.63, 3.8) is 0 Å². The molecule has 0 amide bonds. The Morgan fingerprint density at radius 1 is 1.00 bits per heavy atom. The van der Waals surface area contributed by atoms with Crippen molar-refractivity contribution in [3.8, 4) is 0 Å². The van der Waals surface area contributed by atoms with E-state index in [9.17, 15) is 34.5 Å². The number of hydrogen-bond acceptors (Lipinski definition) is 12. The van der Waals surface area contributed by atoms with Crippen molar-refractivity contribution in [3.05, 3.63) is 65.1 Å². The molecule has 4 atom stereocenters. The molecule has 318 valence electrons. The third kappa shape index (κ3) is 17.5. The van der Waals surface area contributed by atoms with Crippen molar-refractivity contribution in [2.24, 2.45) is 39.5 Å². The van der Waals surface area contributed by atoms with Gasteiger partial charge in [-0.1, -0.05) is 81.5 Å². The first-order chi connectivity index (χ1) is 25.7. The standard InChI is InChI=1S/C29H46N3O4.C12H18O7S.Zn/c1-16(2)23-22(14-18(4)31-19(5)34)32-26(30-15-33)24(23)27(35)36-25-20(28(6,7)8)12-17(3)13-21(25)29(9,10)11;1-7(2)12(17)19-6-8(13)5-18-10(14)4-9(20-3)11(15)16;/h14,16-17,20-21,25,33-34H,4-5,12-13,15H2,1-3,6-11H3,(H,30,32);8-9,13H,1,4-6H2,2-3H3,(H,15,16);/q-1;;/b22-14-;;. The minimum absolute atomic E-state index is 0. The number of aliphatic carboxylic acids is 1. The number of aliphatic hydroxyl groups excluding tert-OH is 3. The number of nitrogens with one attached hydrogen (secondary N) is 1. The molecule has 1 fully saturated rings. The van der Waals surface area contributed by atoms with Gasteiger partial charge in [0.1, 0.15) is 48.8 Å². The second kappa shape index (κ2) is 23.8. The molecule has 0 aromatic heterocycles. The van der Waals surface area contributed by atoms with Crippen molar-refractivity contribution < 1.29 is 73.3 Å². The monoisotopic (exact) mass is 870 g/mol. The van der Waals surface area contributed by atoms with Gasteiger partial charge in [-0.25, -0.2) is 14.6 Å². The van der Waals surface area contributed by atoms with Crippen molar-refractivity contribution in [1.29, 1.82) is 0 Å². The topological polar surface area (TPSA) is 215 Å². The molecule has 0 aromatic carbocycles. The van der Waals surface area contributed by atoms with E-state index in [0.717, 1.165) is 24.6 Å². The molecule has 0 radical (unpaired) electrons. The predicted octanol–water partition coefficient (Wildman–Crippen LogP) is 6.57. The van der Waals surface area contributed by atoms with E-state index in [-0.39, 0.29) is 96.8 Å². The quantitative estimate of drug-likeness (QED) is 0.0365. The fourth-order valence-corrected chi connectivity index (χ4v) is 7.06. The van der Waals surface area contributed by atoms with Gasteiger partial charge in [0.2, 0.25) is 0 Å². The number of carboxylic acids is 1. The normalized spacial score (nSPS) is 21.9. The van der Waals surface area contributed by atoms with Crippen LogP contribution in [-0.4, -0.2) is 93.8 Å². The van der Waals surface area contributed by atoms with E-state index in [2.05, 4.69) is 88.6 Å². The van der Waals surface area contributed by atoms with Gasteiger partial charge < -0.3 is 45.3 Å². The third-order valence-electron chi connectivity index (χ3n) is 9.32. The maximum absolute atomic E-state index is 13.9. The first-order valence-corrected chi connectivity index (χ1v) is 19.8. The van der Waals surface area contributed by atoms with Crippen LogP contribution in [0.5, 0.6) is 0 Å². The molecule has 14 nitrogen and oxygen atoms in total. The van der Waals surface area contributed by atoms with Crippen molar-refractivity contribution >= 4 is 41.5 Å². The van der Waals surface area contributed by atoms with Crippen molar-refractivity contribution in [1.82, 2.24) is 5.32 Å². The summed E-state index contributed by atoms with van der Waals surface area (Å²) in [6, 6.07) is 0. The summed E-state index contributed by atoms with van der Waals surface area (Å²) < 4.78 is 15.8. The summed E-state index contributed by atoms with van der Waals surface area (Å²) in [4.78, 5) is 51.2. The van der Waals surface area contributed by atoms with Crippen LogP contribution in [0.25, 0.3) is 5.32 Å². The molecular formula is C41H64N3O11SZn-. The number of ether oxygens (including phenoxy) is 3. The Bertz CT molecular complexity index is 1530. The number of esters is 3. The summed E-state index contributed by atoms with van der Waals surface area (Å²) in [7, 11) is 0. The number of carbonyl (C=O) groups is 4. The van der Waals surface area contributed by atoms with Crippen LogP contribution in [0.3, 0.4) is 0 Å². The van der Waals surface area contributed by atoms with Crippen LogP contribution < -0.4 is 5.32 Å². The Balaban J connectivity index is 0.00000127. The molecule has 57 heavy (non-hydrogen) atoms. The minimum atomic E-state index is -1.17. The SMILES string of the molecule is C=C(C)C(=O)OCC(O)COC(=O)CC(SC)C(=O)O.C=C(O)[N-]C(=C)/C=C1\NC(=NCO)C(C(=O)OC2C(C(C)(C)C)CC(C)CC2C(C)(C)C)=C1C(C)C.[Zn]. The summed E-state index contributed by atoms with van der Waals surface area (Å²) in [5.74, 6) is -2.15. The van der Waals surface area contributed by atoms with Gasteiger partial charge in [-0.15, -0.1) is 24.0 Å². The number of amidine groups is 1. The molecule has 5 N–H and O–H groups in total. The van der Waals surface area contributed by atoms with E-state index in [1.54, 1.807) is 12.3 Å². The Kier molecular flexibility index (Phi) is 22.4. The summed E-state index contributed by atoms with van der Waals surface area (Å²) >= 11 is 1.02. The van der Waals surface area contributed by atoms with E-state index in [4.69, 9.17) is 14.6 Å². The first kappa shape index (κ1) is 53.5. The zero-order valence-corrected chi connectivity index (χ0v) is 39.4.